The van der Waals surface area contributed by atoms with E-state index in [2.05, 4.69) is 0 Å². The van der Waals surface area contributed by atoms with E-state index in [-0.39, 0.29) is 57.9 Å². The lowest BCUT2D eigenvalue weighted by atomic mass is 9.87. The summed E-state index contributed by atoms with van der Waals surface area (Å²) in [6.45, 7) is 0. The number of hydrogen-bond acceptors (Lipinski definition) is 19. The van der Waals surface area contributed by atoms with E-state index in [1.54, 1.807) is 0 Å². The van der Waals surface area contributed by atoms with E-state index >= 15 is 0 Å². The van der Waals surface area contributed by atoms with Gasteiger partial charge in [0, 0.05) is 64.9 Å². The van der Waals surface area contributed by atoms with Gasteiger partial charge in [-0.15, -0.1) is 0 Å². The van der Waals surface area contributed by atoms with Crippen molar-refractivity contribution >= 4 is 18.0 Å². The summed E-state index contributed by atoms with van der Waals surface area (Å²) in [4.78, 5) is 27.8. The lowest BCUT2D eigenvalue weighted by Gasteiger charge is -2.35. The van der Waals surface area contributed by atoms with Gasteiger partial charge in [0.25, 0.3) is 0 Å². The average molecular weight is 855 g/mol. The number of phenolic OH excluding ortho intramolecular Hbond substituents is 11. The Morgan fingerprint density at radius 1 is 0.548 bits per heavy atom. The number of aliphatic hydroxyl groups excluding tert-OH is 2. The van der Waals surface area contributed by atoms with E-state index in [0.29, 0.717) is 0 Å². The molecule has 0 saturated heterocycles. The Bertz CT molecular complexity index is 2750. The van der Waals surface area contributed by atoms with Gasteiger partial charge < -0.3 is 85.3 Å². The minimum absolute atomic E-state index is 0.000483. The molecule has 0 fully saturated rings. The smallest absolute Gasteiger partial charge is 0.338 e. The first-order valence-corrected chi connectivity index (χ1v) is 18.4. The molecule has 19 heteroatoms. The highest BCUT2D eigenvalue weighted by atomic mass is 16.6. The van der Waals surface area contributed by atoms with Crippen molar-refractivity contribution in [1.82, 2.24) is 0 Å². The van der Waals surface area contributed by atoms with E-state index in [4.69, 9.17) is 18.9 Å². The molecule has 2 heterocycles. The molecule has 5 atom stereocenters. The van der Waals surface area contributed by atoms with Crippen LogP contribution < -0.4 is 9.47 Å². The average Bonchev–Trinajstić information content (AvgIpc) is 3.34. The zero-order valence-corrected chi connectivity index (χ0v) is 31.5. The second-order valence-corrected chi connectivity index (χ2v) is 14.6. The number of esters is 2. The quantitative estimate of drug-likeness (QED) is 0.0825. The maximum Gasteiger partial charge on any atom is 0.338 e. The molecule has 0 aromatic heterocycles. The number of ether oxygens (including phenoxy) is 4. The second-order valence-electron chi connectivity index (χ2n) is 14.6. The maximum absolute atomic E-state index is 14.3. The fourth-order valence-electron chi connectivity index (χ4n) is 7.59. The number of rotatable bonds is 6. The third-order valence-electron chi connectivity index (χ3n) is 10.6. The van der Waals surface area contributed by atoms with Crippen molar-refractivity contribution in [1.29, 1.82) is 0 Å². The molecule has 1 aliphatic carbocycles. The van der Waals surface area contributed by atoms with Crippen molar-refractivity contribution in [3.8, 4) is 74.7 Å². The molecule has 0 bridgehead atoms. The molecule has 0 radical (unpaired) electrons. The lowest BCUT2D eigenvalue weighted by Crippen LogP contribution is -2.35. The second kappa shape index (κ2) is 15.1. The first-order chi connectivity index (χ1) is 29.4. The number of fused-ring (bicyclic) bond motifs is 3. The van der Waals surface area contributed by atoms with E-state index in [9.17, 15) is 76.0 Å². The number of aromatic hydroxyl groups is 11. The fourth-order valence-corrected chi connectivity index (χ4v) is 7.59. The number of phenols is 11. The topological polar surface area (TPSA) is 334 Å². The molecule has 19 nitrogen and oxygen atoms in total. The number of carbonyl (C=O) groups is 2. The summed E-state index contributed by atoms with van der Waals surface area (Å²) in [5.41, 5.74) is -1.74. The van der Waals surface area contributed by atoms with E-state index < -0.39 is 122 Å². The molecule has 5 aromatic carbocycles. The molecular formula is C43H34O19. The van der Waals surface area contributed by atoms with Crippen molar-refractivity contribution < 1.29 is 94.9 Å². The van der Waals surface area contributed by atoms with Crippen LogP contribution in [0.2, 0.25) is 0 Å². The van der Waals surface area contributed by atoms with Crippen molar-refractivity contribution in [2.45, 2.75) is 43.4 Å². The van der Waals surface area contributed by atoms with Gasteiger partial charge >= 0.3 is 11.9 Å². The number of hydrogen-bond donors (Lipinski definition) is 13. The molecule has 3 aliphatic rings. The molecule has 5 aromatic rings. The van der Waals surface area contributed by atoms with Crippen LogP contribution in [0.25, 0.3) is 6.08 Å². The summed E-state index contributed by atoms with van der Waals surface area (Å²) < 4.78 is 23.9. The van der Waals surface area contributed by atoms with Crippen LogP contribution in [0.4, 0.5) is 0 Å². The SMILES string of the molecule is O=C(O[C@@H]1Cc2c(O)cc(O)cc2O[C@@H]1c1ccc(O)c(O)c1)C1=Cc2c([C@H]3Oc4cc(O)cc(O)c4C[C@H]3OC(=O)c3cc(O)c(O)c(O)c3)cc(O)c(O)c2C(O)C(O)=C1. The van der Waals surface area contributed by atoms with Gasteiger partial charge in [-0.3, -0.25) is 0 Å². The molecule has 62 heavy (non-hydrogen) atoms. The van der Waals surface area contributed by atoms with Crippen LogP contribution >= 0.6 is 0 Å². The molecule has 1 unspecified atom stereocenters. The molecule has 13 N–H and O–H groups in total. The summed E-state index contributed by atoms with van der Waals surface area (Å²) in [5.74, 6) is -10.8. The Kier molecular flexibility index (Phi) is 9.82. The number of benzene rings is 5. The molecule has 2 aliphatic heterocycles. The maximum atomic E-state index is 14.3. The third kappa shape index (κ3) is 7.11. The van der Waals surface area contributed by atoms with Gasteiger partial charge in [-0.1, -0.05) is 6.07 Å². The Hall–Kier alpha value is -8.32. The highest BCUT2D eigenvalue weighted by Crippen LogP contribution is 2.50. The van der Waals surface area contributed by atoms with Gasteiger partial charge in [-0.05, 0) is 48.0 Å². The van der Waals surface area contributed by atoms with Crippen molar-refractivity contribution in [3.63, 3.8) is 0 Å². The first-order valence-electron chi connectivity index (χ1n) is 18.4. The Morgan fingerprint density at radius 3 is 1.69 bits per heavy atom. The van der Waals surface area contributed by atoms with Crippen LogP contribution in [0.5, 0.6) is 74.7 Å². The van der Waals surface area contributed by atoms with E-state index in [1.807, 2.05) is 0 Å². The Morgan fingerprint density at radius 2 is 1.10 bits per heavy atom. The lowest BCUT2D eigenvalue weighted by molar-refractivity contribution is -0.150. The molecule has 0 spiro atoms. The largest absolute Gasteiger partial charge is 0.509 e. The zero-order chi connectivity index (χ0) is 44.5. The molecule has 0 amide bonds. The Labute approximate surface area is 347 Å². The van der Waals surface area contributed by atoms with Crippen LogP contribution in [0.1, 0.15) is 62.1 Å². The van der Waals surface area contributed by atoms with Crippen LogP contribution in [0, 0.1) is 0 Å². The van der Waals surface area contributed by atoms with Crippen LogP contribution in [0.3, 0.4) is 0 Å². The predicted molar refractivity (Wildman–Crippen MR) is 207 cm³/mol. The van der Waals surface area contributed by atoms with E-state index in [0.717, 1.165) is 60.7 Å². The zero-order valence-electron chi connectivity index (χ0n) is 31.5. The first kappa shape index (κ1) is 40.5. The summed E-state index contributed by atoms with van der Waals surface area (Å²) in [5, 5.41) is 137. The standard InChI is InChI=1S/C43H34O19/c44-18-8-25(47)22-13-34(40(59-32(22)10-18)15-1-2-24(46)27(49)4-15)61-42(57)16-3-20-21(12-31(53)39(56)36(20)38(55)30(52)5-16)41-35(14-23-26(48)9-19(45)11-33(23)60-41)62-43(58)17-6-28(50)37(54)29(51)7-17/h1-12,34-35,38,40-41,44-56H,13-14H2/t34-,35-,38?,40-,41-/m1/s1. The summed E-state index contributed by atoms with van der Waals surface area (Å²) in [6.07, 6.45) is -6.67. The van der Waals surface area contributed by atoms with Gasteiger partial charge in [-0.2, -0.15) is 0 Å². The minimum atomic E-state index is -2.15. The van der Waals surface area contributed by atoms with Crippen LogP contribution in [0.15, 0.2) is 78.1 Å². The predicted octanol–water partition coefficient (Wildman–Crippen LogP) is 4.51. The van der Waals surface area contributed by atoms with Gasteiger partial charge in [-0.25, -0.2) is 9.59 Å². The fraction of sp³-hybridized carbons (Fsp3) is 0.163. The third-order valence-corrected chi connectivity index (χ3v) is 10.6. The summed E-state index contributed by atoms with van der Waals surface area (Å²) >= 11 is 0. The van der Waals surface area contributed by atoms with Gasteiger partial charge in [0.1, 0.15) is 58.6 Å². The normalized spacial score (nSPS) is 20.1. The molecule has 8 rings (SSSR count). The van der Waals surface area contributed by atoms with Gasteiger partial charge in [0.15, 0.2) is 52.5 Å². The van der Waals surface area contributed by atoms with Crippen molar-refractivity contribution in [2.24, 2.45) is 0 Å². The van der Waals surface area contributed by atoms with Crippen LogP contribution in [-0.2, 0) is 27.1 Å². The van der Waals surface area contributed by atoms with Crippen molar-refractivity contribution in [3.05, 3.63) is 117 Å². The Balaban J connectivity index is 1.23. The summed E-state index contributed by atoms with van der Waals surface area (Å²) in [7, 11) is 0. The molecule has 0 saturated carbocycles. The summed E-state index contributed by atoms with van der Waals surface area (Å²) in [6, 6.07) is 10.5. The number of carbonyl (C=O) groups excluding carboxylic acids is 2. The van der Waals surface area contributed by atoms with Crippen LogP contribution in [-0.4, -0.2) is 90.5 Å². The minimum Gasteiger partial charge on any atom is -0.509 e. The number of aliphatic hydroxyl groups is 2. The monoisotopic (exact) mass is 854 g/mol. The van der Waals surface area contributed by atoms with E-state index in [1.165, 1.54) is 12.1 Å². The highest BCUT2D eigenvalue weighted by Gasteiger charge is 2.42. The van der Waals surface area contributed by atoms with Gasteiger partial charge in [0.2, 0.25) is 0 Å². The van der Waals surface area contributed by atoms with Crippen molar-refractivity contribution in [2.75, 3.05) is 0 Å². The highest BCUT2D eigenvalue weighted by molar-refractivity contribution is 5.98. The molecule has 320 valence electrons. The van der Waals surface area contributed by atoms with Gasteiger partial charge in [0.05, 0.1) is 11.1 Å². The molecular weight excluding hydrogens is 820 g/mol.